The van der Waals surface area contributed by atoms with E-state index in [0.29, 0.717) is 11.3 Å². The van der Waals surface area contributed by atoms with Crippen molar-refractivity contribution in [2.45, 2.75) is 20.8 Å². The molecule has 0 spiro atoms. The molecule has 24 heavy (non-hydrogen) atoms. The Kier molecular flexibility index (Phi) is 4.30. The molecule has 1 aliphatic carbocycles. The highest BCUT2D eigenvalue weighted by atomic mass is 16.2. The summed E-state index contributed by atoms with van der Waals surface area (Å²) in [5.74, 6) is -0.0673. The standard InChI is InChI=1S/C20H20N2O2/c1-12(2)17-11-19(23)22-18-10-14(8-9-16(17)18)21-20(24)15-7-5-4-6-13(15)3/h4-12,16H,1-3H3,(H,22,23). The molecule has 3 rings (SSSR count). The Morgan fingerprint density at radius 3 is 2.67 bits per heavy atom. The van der Waals surface area contributed by atoms with Gasteiger partial charge in [-0.15, -0.1) is 0 Å². The summed E-state index contributed by atoms with van der Waals surface area (Å²) in [6, 6.07) is 7.38. The number of allylic oxidation sites excluding steroid dienone is 3. The number of carbonyl (C=O) groups is 2. The van der Waals surface area contributed by atoms with Crippen LogP contribution in [0.5, 0.6) is 0 Å². The van der Waals surface area contributed by atoms with Gasteiger partial charge in [-0.05, 0) is 42.2 Å². The van der Waals surface area contributed by atoms with Crippen LogP contribution in [0.2, 0.25) is 0 Å². The average Bonchev–Trinajstić information content (AvgIpc) is 2.54. The van der Waals surface area contributed by atoms with Gasteiger partial charge in [0, 0.05) is 23.3 Å². The number of nitrogens with one attached hydrogen (secondary N) is 1. The van der Waals surface area contributed by atoms with Gasteiger partial charge in [-0.3, -0.25) is 9.59 Å². The first-order chi connectivity index (χ1) is 11.5. The maximum atomic E-state index is 12.4. The van der Waals surface area contributed by atoms with Crippen LogP contribution in [-0.4, -0.2) is 17.5 Å². The largest absolute Gasteiger partial charge is 0.325 e. The number of carbonyl (C=O) groups excluding carboxylic acids is 2. The third-order valence-corrected chi connectivity index (χ3v) is 4.30. The van der Waals surface area contributed by atoms with E-state index in [2.05, 4.69) is 24.2 Å². The molecule has 1 aromatic carbocycles. The number of benzene rings is 1. The highest BCUT2D eigenvalue weighted by molar-refractivity contribution is 6.14. The van der Waals surface area contributed by atoms with E-state index < -0.39 is 0 Å². The molecule has 1 unspecified atom stereocenters. The van der Waals surface area contributed by atoms with Crippen LogP contribution in [0.15, 0.2) is 64.8 Å². The van der Waals surface area contributed by atoms with E-state index in [-0.39, 0.29) is 23.7 Å². The predicted octanol–water partition coefficient (Wildman–Crippen LogP) is 3.36. The maximum Gasteiger partial charge on any atom is 0.277 e. The first-order valence-electron chi connectivity index (χ1n) is 8.06. The molecule has 0 bridgehead atoms. The molecule has 1 atom stereocenters. The molecule has 0 saturated carbocycles. The fourth-order valence-corrected chi connectivity index (χ4v) is 3.01. The molecule has 1 aliphatic heterocycles. The van der Waals surface area contributed by atoms with E-state index in [1.165, 1.54) is 0 Å². The minimum Gasteiger partial charge on any atom is -0.325 e. The first kappa shape index (κ1) is 16.1. The van der Waals surface area contributed by atoms with Crippen molar-refractivity contribution in [2.24, 2.45) is 16.8 Å². The van der Waals surface area contributed by atoms with E-state index in [0.717, 1.165) is 16.8 Å². The molecule has 0 fully saturated rings. The Labute approximate surface area is 141 Å². The second kappa shape index (κ2) is 6.40. The quantitative estimate of drug-likeness (QED) is 0.908. The molecule has 0 radical (unpaired) electrons. The van der Waals surface area contributed by atoms with Crippen molar-refractivity contribution in [3.05, 3.63) is 71.0 Å². The van der Waals surface area contributed by atoms with Crippen LogP contribution in [0.1, 0.15) is 29.8 Å². The Bertz CT molecular complexity index is 826. The zero-order chi connectivity index (χ0) is 17.3. The van der Waals surface area contributed by atoms with Crippen molar-refractivity contribution >= 4 is 17.5 Å². The van der Waals surface area contributed by atoms with Crippen molar-refractivity contribution in [3.63, 3.8) is 0 Å². The minimum atomic E-state index is -0.273. The van der Waals surface area contributed by atoms with E-state index >= 15 is 0 Å². The van der Waals surface area contributed by atoms with Crippen LogP contribution in [0.3, 0.4) is 0 Å². The van der Waals surface area contributed by atoms with Crippen molar-refractivity contribution < 1.29 is 9.59 Å². The zero-order valence-electron chi connectivity index (χ0n) is 14.0. The van der Waals surface area contributed by atoms with Gasteiger partial charge in [0.1, 0.15) is 0 Å². The second-order valence-electron chi connectivity index (χ2n) is 6.38. The molecular formula is C20H20N2O2. The van der Waals surface area contributed by atoms with Gasteiger partial charge < -0.3 is 5.32 Å². The number of aliphatic imine (C=N–C) groups is 1. The summed E-state index contributed by atoms with van der Waals surface area (Å²) in [4.78, 5) is 28.4. The highest BCUT2D eigenvalue weighted by Gasteiger charge is 2.27. The number of nitrogens with zero attached hydrogens (tertiary/aromatic N) is 1. The smallest absolute Gasteiger partial charge is 0.277 e. The first-order valence-corrected chi connectivity index (χ1v) is 8.06. The lowest BCUT2D eigenvalue weighted by atomic mass is 9.82. The Morgan fingerprint density at radius 1 is 1.21 bits per heavy atom. The van der Waals surface area contributed by atoms with E-state index in [4.69, 9.17) is 0 Å². The predicted molar refractivity (Wildman–Crippen MR) is 94.7 cm³/mol. The number of aryl methyl sites for hydroxylation is 1. The van der Waals surface area contributed by atoms with Crippen LogP contribution in [0, 0.1) is 18.8 Å². The number of rotatable bonds is 2. The molecule has 1 aromatic rings. The molecule has 1 heterocycles. The van der Waals surface area contributed by atoms with Gasteiger partial charge in [0.05, 0.1) is 5.71 Å². The van der Waals surface area contributed by atoms with Crippen LogP contribution >= 0.6 is 0 Å². The molecule has 122 valence electrons. The lowest BCUT2D eigenvalue weighted by molar-refractivity contribution is -0.116. The molecule has 2 aliphatic rings. The third kappa shape index (κ3) is 3.13. The van der Waals surface area contributed by atoms with Crippen molar-refractivity contribution in [1.82, 2.24) is 5.32 Å². The summed E-state index contributed by atoms with van der Waals surface area (Å²) in [5, 5.41) is 2.86. The van der Waals surface area contributed by atoms with Gasteiger partial charge in [0.25, 0.3) is 5.91 Å². The topological polar surface area (TPSA) is 58.5 Å². The number of hydrogen-bond donors (Lipinski definition) is 1. The molecule has 4 heteroatoms. The normalized spacial score (nSPS) is 21.2. The Morgan fingerprint density at radius 2 is 1.96 bits per heavy atom. The SMILES string of the molecule is Cc1ccccc1C(=O)N=C1C=CC2C(=C1)NC(=O)C=C2C(C)C. The van der Waals surface area contributed by atoms with E-state index in [1.54, 1.807) is 18.2 Å². The number of amides is 2. The molecular weight excluding hydrogens is 300 g/mol. The van der Waals surface area contributed by atoms with Gasteiger partial charge in [-0.2, -0.15) is 0 Å². The lowest BCUT2D eigenvalue weighted by Crippen LogP contribution is -2.34. The Balaban J connectivity index is 1.90. The summed E-state index contributed by atoms with van der Waals surface area (Å²) >= 11 is 0. The summed E-state index contributed by atoms with van der Waals surface area (Å²) in [6.45, 7) is 6.03. The van der Waals surface area contributed by atoms with Crippen LogP contribution < -0.4 is 5.32 Å². The Hall–Kier alpha value is -2.75. The lowest BCUT2D eigenvalue weighted by Gasteiger charge is -2.29. The van der Waals surface area contributed by atoms with Gasteiger partial charge in [-0.1, -0.05) is 38.1 Å². The van der Waals surface area contributed by atoms with Crippen molar-refractivity contribution in [3.8, 4) is 0 Å². The summed E-state index contributed by atoms with van der Waals surface area (Å²) < 4.78 is 0. The molecule has 0 saturated heterocycles. The van der Waals surface area contributed by atoms with Crippen LogP contribution in [0.4, 0.5) is 0 Å². The van der Waals surface area contributed by atoms with E-state index in [1.807, 2.05) is 37.3 Å². The average molecular weight is 320 g/mol. The summed E-state index contributed by atoms with van der Waals surface area (Å²) in [5.41, 5.74) is 3.90. The maximum absolute atomic E-state index is 12.4. The number of fused-ring (bicyclic) bond motifs is 1. The molecule has 2 amide bonds. The monoisotopic (exact) mass is 320 g/mol. The zero-order valence-corrected chi connectivity index (χ0v) is 14.0. The molecule has 4 nitrogen and oxygen atoms in total. The fraction of sp³-hybridized carbons (Fsp3) is 0.250. The van der Waals surface area contributed by atoms with Gasteiger partial charge in [0.15, 0.2) is 0 Å². The summed E-state index contributed by atoms with van der Waals surface area (Å²) in [6.07, 6.45) is 7.29. The van der Waals surface area contributed by atoms with Gasteiger partial charge >= 0.3 is 0 Å². The van der Waals surface area contributed by atoms with Gasteiger partial charge in [-0.25, -0.2) is 4.99 Å². The van der Waals surface area contributed by atoms with Gasteiger partial charge in [0.2, 0.25) is 5.91 Å². The van der Waals surface area contributed by atoms with Crippen molar-refractivity contribution in [2.75, 3.05) is 0 Å². The summed E-state index contributed by atoms with van der Waals surface area (Å²) in [7, 11) is 0. The molecule has 0 aromatic heterocycles. The van der Waals surface area contributed by atoms with Crippen molar-refractivity contribution in [1.29, 1.82) is 0 Å². The van der Waals surface area contributed by atoms with Crippen LogP contribution in [-0.2, 0) is 4.79 Å². The van der Waals surface area contributed by atoms with E-state index in [9.17, 15) is 9.59 Å². The molecule has 1 N–H and O–H groups in total. The second-order valence-corrected chi connectivity index (χ2v) is 6.38. The highest BCUT2D eigenvalue weighted by Crippen LogP contribution is 2.31. The van der Waals surface area contributed by atoms with Crippen LogP contribution in [0.25, 0.3) is 0 Å². The minimum absolute atomic E-state index is 0.0511. The third-order valence-electron chi connectivity index (χ3n) is 4.30. The fourth-order valence-electron chi connectivity index (χ4n) is 3.01. The number of hydrogen-bond acceptors (Lipinski definition) is 2.